The molecule has 4 N–H and O–H groups in total. The van der Waals surface area contributed by atoms with Crippen LogP contribution >= 0.6 is 11.8 Å². The minimum Gasteiger partial charge on any atom is -0.389 e. The molecule has 0 saturated carbocycles. The Morgan fingerprint density at radius 1 is 1.14 bits per heavy atom. The van der Waals surface area contributed by atoms with Crippen LogP contribution in [0.25, 0.3) is 0 Å². The first-order valence-electron chi connectivity index (χ1n) is 3.99. The van der Waals surface area contributed by atoms with Crippen LogP contribution in [0.3, 0.4) is 0 Å². The van der Waals surface area contributed by atoms with Gasteiger partial charge in [0.1, 0.15) is 24.9 Å². The molecule has 0 aliphatic rings. The lowest BCUT2D eigenvalue weighted by Crippen LogP contribution is -2.46. The Morgan fingerprint density at radius 3 is 2.07 bits per heavy atom. The Bertz CT molecular complexity index is 134. The molecule has 5 nitrogen and oxygen atoms in total. The minimum atomic E-state index is -1.63. The van der Waals surface area contributed by atoms with Crippen LogP contribution in [0.5, 0.6) is 0 Å². The van der Waals surface area contributed by atoms with E-state index in [2.05, 4.69) is 4.94 Å². The van der Waals surface area contributed by atoms with E-state index in [1.54, 1.807) is 6.26 Å². The average Bonchev–Trinajstić information content (AvgIpc) is 2.16. The van der Waals surface area contributed by atoms with Gasteiger partial charge >= 0.3 is 0 Å². The van der Waals surface area contributed by atoms with E-state index in [1.165, 1.54) is 11.8 Å². The summed E-state index contributed by atoms with van der Waals surface area (Å²) < 4.78 is 11.3. The van der Waals surface area contributed by atoms with Crippen molar-refractivity contribution in [2.24, 2.45) is 0 Å². The Balaban J connectivity index is 4.01. The summed E-state index contributed by atoms with van der Waals surface area (Å²) in [7, 11) is 0. The summed E-state index contributed by atoms with van der Waals surface area (Å²) in [6.07, 6.45) is -4.18. The third-order valence-corrected chi connectivity index (χ3v) is 2.38. The molecule has 0 spiro atoms. The Hall–Kier alpha value is 0.0800. The normalized spacial score (nSPS) is 20.1. The zero-order valence-corrected chi connectivity index (χ0v) is 8.52. The predicted molar refractivity (Wildman–Crippen MR) is 49.5 cm³/mol. The summed E-state index contributed by atoms with van der Waals surface area (Å²) in [4.78, 5) is 3.11. The fourth-order valence-electron chi connectivity index (χ4n) is 0.888. The molecule has 86 valence electrons. The molecule has 0 amide bonds. The molecule has 0 rings (SSSR count). The van der Waals surface area contributed by atoms with Crippen molar-refractivity contribution in [2.45, 2.75) is 24.4 Å². The maximum absolute atomic E-state index is 11.3. The molecule has 0 heterocycles. The summed E-state index contributed by atoms with van der Waals surface area (Å²) in [5, 5.41) is 36.7. The predicted octanol–water partition coefficient (Wildman–Crippen LogP) is -1.31. The van der Waals surface area contributed by atoms with E-state index in [0.29, 0.717) is 0 Å². The first-order valence-corrected chi connectivity index (χ1v) is 5.38. The number of hydrogen-bond donors (Lipinski definition) is 4. The van der Waals surface area contributed by atoms with Crippen LogP contribution in [0.15, 0.2) is 0 Å². The van der Waals surface area contributed by atoms with E-state index >= 15 is 0 Å². The van der Waals surface area contributed by atoms with Crippen molar-refractivity contribution >= 4 is 11.8 Å². The van der Waals surface area contributed by atoms with Gasteiger partial charge in [0.15, 0.2) is 0 Å². The standard InChI is InChI=1S/C7H15FO5S/c1-14-3-5(10)7(12)6(11)4(9)2-13-8/h4-7,9-12H,2-3H2,1H3. The monoisotopic (exact) mass is 230 g/mol. The molecule has 4 unspecified atom stereocenters. The van der Waals surface area contributed by atoms with E-state index in [9.17, 15) is 19.8 Å². The smallest absolute Gasteiger partial charge is 0.116 e. The minimum absolute atomic E-state index is 0.210. The van der Waals surface area contributed by atoms with E-state index in [4.69, 9.17) is 5.11 Å². The molecule has 7 heteroatoms. The van der Waals surface area contributed by atoms with Crippen molar-refractivity contribution in [2.75, 3.05) is 18.6 Å². The van der Waals surface area contributed by atoms with Crippen molar-refractivity contribution in [1.82, 2.24) is 0 Å². The van der Waals surface area contributed by atoms with Crippen molar-refractivity contribution < 1.29 is 29.9 Å². The van der Waals surface area contributed by atoms with Crippen LogP contribution in [0.2, 0.25) is 0 Å². The van der Waals surface area contributed by atoms with E-state index in [0.717, 1.165) is 0 Å². The number of thioether (sulfide) groups is 1. The fourth-order valence-corrected chi connectivity index (χ4v) is 1.43. The highest BCUT2D eigenvalue weighted by molar-refractivity contribution is 7.98. The van der Waals surface area contributed by atoms with Gasteiger partial charge in [-0.15, -0.1) is 0 Å². The largest absolute Gasteiger partial charge is 0.389 e. The van der Waals surface area contributed by atoms with Gasteiger partial charge in [0, 0.05) is 5.75 Å². The summed E-state index contributed by atoms with van der Waals surface area (Å²) in [5.41, 5.74) is 0. The summed E-state index contributed by atoms with van der Waals surface area (Å²) in [6.45, 7) is -0.746. The topological polar surface area (TPSA) is 90.2 Å². The van der Waals surface area contributed by atoms with Crippen molar-refractivity contribution in [3.63, 3.8) is 0 Å². The lowest BCUT2D eigenvalue weighted by Gasteiger charge is -2.25. The number of aliphatic hydroxyl groups excluding tert-OH is 4. The number of rotatable bonds is 7. The third-order valence-electron chi connectivity index (χ3n) is 1.71. The Morgan fingerprint density at radius 2 is 1.64 bits per heavy atom. The highest BCUT2D eigenvalue weighted by atomic mass is 32.2. The molecule has 0 aliphatic heterocycles. The molecule has 0 aromatic heterocycles. The van der Waals surface area contributed by atoms with Crippen molar-refractivity contribution in [3.8, 4) is 0 Å². The highest BCUT2D eigenvalue weighted by Crippen LogP contribution is 2.09. The Kier molecular flexibility index (Phi) is 7.42. The van der Waals surface area contributed by atoms with E-state index in [-0.39, 0.29) is 5.75 Å². The van der Waals surface area contributed by atoms with Gasteiger partial charge in [-0.3, -0.25) is 0 Å². The van der Waals surface area contributed by atoms with Crippen molar-refractivity contribution in [1.29, 1.82) is 0 Å². The van der Waals surface area contributed by atoms with Gasteiger partial charge in [-0.2, -0.15) is 16.7 Å². The van der Waals surface area contributed by atoms with Crippen LogP contribution in [-0.2, 0) is 4.94 Å². The second kappa shape index (κ2) is 7.38. The van der Waals surface area contributed by atoms with Crippen LogP contribution < -0.4 is 0 Å². The van der Waals surface area contributed by atoms with Gasteiger partial charge in [0.25, 0.3) is 0 Å². The van der Waals surface area contributed by atoms with Crippen LogP contribution in [0.1, 0.15) is 0 Å². The van der Waals surface area contributed by atoms with Gasteiger partial charge in [-0.05, 0) is 10.8 Å². The lowest BCUT2D eigenvalue weighted by atomic mass is 10.0. The number of halogens is 1. The summed E-state index contributed by atoms with van der Waals surface area (Å²) in [5.74, 6) is 0.210. The second-order valence-electron chi connectivity index (χ2n) is 2.85. The zero-order valence-electron chi connectivity index (χ0n) is 7.71. The van der Waals surface area contributed by atoms with E-state index in [1.807, 2.05) is 0 Å². The summed E-state index contributed by atoms with van der Waals surface area (Å²) in [6, 6.07) is 0. The summed E-state index contributed by atoms with van der Waals surface area (Å²) >= 11 is 1.27. The number of aliphatic hydroxyl groups is 4. The molecule has 0 radical (unpaired) electrons. The van der Waals surface area contributed by atoms with Gasteiger partial charge in [-0.25, -0.2) is 0 Å². The SMILES string of the molecule is CSCC(O)C(O)C(O)C(O)COF. The molecule has 4 atom stereocenters. The quantitative estimate of drug-likeness (QED) is 0.434. The molecule has 0 saturated heterocycles. The molecule has 0 bridgehead atoms. The fraction of sp³-hybridized carbons (Fsp3) is 1.00. The maximum atomic E-state index is 11.3. The third kappa shape index (κ3) is 4.54. The number of hydrogen-bond acceptors (Lipinski definition) is 6. The van der Waals surface area contributed by atoms with Crippen molar-refractivity contribution in [3.05, 3.63) is 0 Å². The highest BCUT2D eigenvalue weighted by Gasteiger charge is 2.30. The Labute approximate surface area is 85.4 Å². The molecular weight excluding hydrogens is 215 g/mol. The average molecular weight is 230 g/mol. The molecule has 0 aromatic rings. The van der Waals surface area contributed by atoms with Gasteiger partial charge in [0.05, 0.1) is 6.10 Å². The molecule has 0 aromatic carbocycles. The molecule has 0 fully saturated rings. The van der Waals surface area contributed by atoms with Gasteiger partial charge < -0.3 is 20.4 Å². The molecule has 14 heavy (non-hydrogen) atoms. The molecular formula is C7H15FO5S. The first-order chi connectivity index (χ1) is 6.54. The maximum Gasteiger partial charge on any atom is 0.116 e. The second-order valence-corrected chi connectivity index (χ2v) is 3.76. The van der Waals surface area contributed by atoms with E-state index < -0.39 is 31.0 Å². The van der Waals surface area contributed by atoms with Gasteiger partial charge in [-0.1, -0.05) is 0 Å². The van der Waals surface area contributed by atoms with Crippen LogP contribution in [0, 0.1) is 0 Å². The van der Waals surface area contributed by atoms with Crippen LogP contribution in [-0.4, -0.2) is 63.5 Å². The van der Waals surface area contributed by atoms with Gasteiger partial charge in [0.2, 0.25) is 0 Å². The molecule has 0 aliphatic carbocycles. The zero-order chi connectivity index (χ0) is 11.1. The first kappa shape index (κ1) is 14.1. The van der Waals surface area contributed by atoms with Crippen LogP contribution in [0.4, 0.5) is 4.53 Å². The lowest BCUT2D eigenvalue weighted by molar-refractivity contribution is -0.186.